The van der Waals surface area contributed by atoms with Crippen LogP contribution < -0.4 is 0 Å². The Hall–Kier alpha value is 0.430. The molecule has 0 amide bonds. The summed E-state index contributed by atoms with van der Waals surface area (Å²) < 4.78 is 0. The summed E-state index contributed by atoms with van der Waals surface area (Å²) >= 11 is 0. The molecule has 0 fully saturated rings. The Kier molecular flexibility index (Phi) is 1.37. The highest BCUT2D eigenvalue weighted by molar-refractivity contribution is 7.19. The molecule has 0 saturated carbocycles. The first-order valence-corrected chi connectivity index (χ1v) is 2.22. The van der Waals surface area contributed by atoms with E-state index in [2.05, 4.69) is 16.2 Å². The predicted octanol–water partition coefficient (Wildman–Crippen LogP) is 1.47. The van der Waals surface area contributed by atoms with E-state index < -0.39 is 0 Å². The van der Waals surface area contributed by atoms with Gasteiger partial charge in [0.05, 0.1) is 0 Å². The van der Waals surface area contributed by atoms with E-state index in [4.69, 9.17) is 0 Å². The topological polar surface area (TPSA) is 0 Å². The molecule has 0 heterocycles. The molecule has 1 atom stereocenters. The molecule has 1 unspecified atom stereocenters. The lowest BCUT2D eigenvalue weighted by Crippen LogP contribution is -1.98. The second-order valence-corrected chi connectivity index (χ2v) is 3.55. The lowest BCUT2D eigenvalue weighted by Gasteiger charge is -2.05. The molecular formula is C4H10P. The van der Waals surface area contributed by atoms with Gasteiger partial charge in [0.1, 0.15) is 0 Å². The maximum Gasteiger partial charge on any atom is -0.0206 e. The van der Waals surface area contributed by atoms with Crippen LogP contribution >= 0.6 is 9.24 Å². The maximum atomic E-state index is 3.73. The van der Waals surface area contributed by atoms with Crippen LogP contribution in [0.2, 0.25) is 0 Å². The van der Waals surface area contributed by atoms with Gasteiger partial charge in [-0.3, -0.25) is 0 Å². The Balaban J connectivity index is 3.02. The average molecular weight is 89.1 g/mol. The molecule has 1 radical (unpaired) electrons. The molecule has 1 heteroatoms. The quantitative estimate of drug-likeness (QED) is 0.394. The van der Waals surface area contributed by atoms with Gasteiger partial charge in [0.25, 0.3) is 0 Å². The van der Waals surface area contributed by atoms with Crippen LogP contribution in [0, 0.1) is 6.92 Å². The van der Waals surface area contributed by atoms with Crippen molar-refractivity contribution < 1.29 is 0 Å². The second-order valence-electron chi connectivity index (χ2n) is 1.99. The van der Waals surface area contributed by atoms with Crippen molar-refractivity contribution in [1.82, 2.24) is 0 Å². The van der Waals surface area contributed by atoms with Crippen LogP contribution in [0.1, 0.15) is 13.8 Å². The molecule has 0 rings (SSSR count). The van der Waals surface area contributed by atoms with E-state index in [-0.39, 0.29) is 5.16 Å². The zero-order valence-electron chi connectivity index (χ0n) is 3.78. The van der Waals surface area contributed by atoms with E-state index in [9.17, 15) is 0 Å². The third-order valence-corrected chi connectivity index (χ3v) is 0. The fourth-order valence-electron chi connectivity index (χ4n) is 0. The molecule has 0 aromatic rings. The van der Waals surface area contributed by atoms with Crippen molar-refractivity contribution in [3.05, 3.63) is 6.92 Å². The summed E-state index contributed by atoms with van der Waals surface area (Å²) in [5.74, 6) is 0. The summed E-state index contributed by atoms with van der Waals surface area (Å²) in [5, 5.41) is 0.167. The smallest absolute Gasteiger partial charge is 0.0206 e. The standard InChI is InChI=1S/C4H10P/c1-4(2,3)5/h1,5H2,2-3H3. The van der Waals surface area contributed by atoms with Gasteiger partial charge in [0, 0.05) is 0 Å². The summed E-state index contributed by atoms with van der Waals surface area (Å²) in [5.41, 5.74) is 0. The minimum Gasteiger partial charge on any atom is -0.132 e. The largest absolute Gasteiger partial charge is 0.132 e. The van der Waals surface area contributed by atoms with Gasteiger partial charge in [0.15, 0.2) is 0 Å². The minimum atomic E-state index is 0.167. The van der Waals surface area contributed by atoms with Crippen LogP contribution in [0.25, 0.3) is 0 Å². The molecule has 0 aliphatic carbocycles. The molecule has 0 aromatic carbocycles. The summed E-state index contributed by atoms with van der Waals surface area (Å²) in [4.78, 5) is 0. The monoisotopic (exact) mass is 89.1 g/mol. The summed E-state index contributed by atoms with van der Waals surface area (Å²) in [6, 6.07) is 0. The summed E-state index contributed by atoms with van der Waals surface area (Å²) in [7, 11) is 2.60. The van der Waals surface area contributed by atoms with Crippen molar-refractivity contribution in [2.24, 2.45) is 0 Å². The van der Waals surface area contributed by atoms with E-state index >= 15 is 0 Å². The normalized spacial score (nSPS) is 12.0. The van der Waals surface area contributed by atoms with Gasteiger partial charge in [-0.25, -0.2) is 0 Å². The van der Waals surface area contributed by atoms with Gasteiger partial charge < -0.3 is 0 Å². The fraction of sp³-hybridized carbons (Fsp3) is 0.750. The van der Waals surface area contributed by atoms with Gasteiger partial charge in [-0.15, -0.1) is 9.24 Å². The lowest BCUT2D eigenvalue weighted by atomic mass is 10.3. The minimum absolute atomic E-state index is 0.167. The van der Waals surface area contributed by atoms with Crippen LogP contribution in [0.4, 0.5) is 0 Å². The number of rotatable bonds is 0. The molecule has 0 saturated heterocycles. The molecule has 31 valence electrons. The Morgan fingerprint density at radius 2 is 1.60 bits per heavy atom. The molecule has 0 aliphatic heterocycles. The zero-order chi connectivity index (χ0) is 4.50. The van der Waals surface area contributed by atoms with Crippen molar-refractivity contribution >= 4 is 9.24 Å². The van der Waals surface area contributed by atoms with Gasteiger partial charge in [-0.05, 0) is 12.1 Å². The summed E-state index contributed by atoms with van der Waals surface area (Å²) in [6.07, 6.45) is 0. The van der Waals surface area contributed by atoms with E-state index in [1.54, 1.807) is 0 Å². The average Bonchev–Trinajstić information content (AvgIpc) is 0.722. The van der Waals surface area contributed by atoms with Crippen molar-refractivity contribution in [3.63, 3.8) is 0 Å². The number of hydrogen-bond acceptors (Lipinski definition) is 0. The SMILES string of the molecule is [CH2]C(C)(C)P. The maximum absolute atomic E-state index is 3.73. The molecule has 0 aromatic heterocycles. The first-order chi connectivity index (χ1) is 2.00. The van der Waals surface area contributed by atoms with E-state index in [1.807, 2.05) is 13.8 Å². The molecular weight excluding hydrogens is 79.0 g/mol. The number of hydrogen-bond donors (Lipinski definition) is 0. The molecule has 0 N–H and O–H groups in total. The van der Waals surface area contributed by atoms with Crippen molar-refractivity contribution in [1.29, 1.82) is 0 Å². The van der Waals surface area contributed by atoms with Gasteiger partial charge in [-0.2, -0.15) is 0 Å². The van der Waals surface area contributed by atoms with Crippen LogP contribution in [0.5, 0.6) is 0 Å². The molecule has 5 heavy (non-hydrogen) atoms. The van der Waals surface area contributed by atoms with Gasteiger partial charge in [-0.1, -0.05) is 13.8 Å². The van der Waals surface area contributed by atoms with Crippen molar-refractivity contribution in [2.75, 3.05) is 0 Å². The molecule has 0 nitrogen and oxygen atoms in total. The Labute approximate surface area is 36.2 Å². The third-order valence-electron chi connectivity index (χ3n) is 0. The van der Waals surface area contributed by atoms with Crippen molar-refractivity contribution in [3.8, 4) is 0 Å². The zero-order valence-corrected chi connectivity index (χ0v) is 4.94. The highest BCUT2D eigenvalue weighted by Crippen LogP contribution is 2.11. The van der Waals surface area contributed by atoms with E-state index in [0.29, 0.717) is 0 Å². The molecule has 0 spiro atoms. The Bertz CT molecular complexity index is 19.1. The van der Waals surface area contributed by atoms with Crippen LogP contribution in [0.15, 0.2) is 0 Å². The first kappa shape index (κ1) is 5.43. The second kappa shape index (κ2) is 1.26. The predicted molar refractivity (Wildman–Crippen MR) is 29.1 cm³/mol. The molecule has 0 bridgehead atoms. The highest BCUT2D eigenvalue weighted by atomic mass is 31.0. The van der Waals surface area contributed by atoms with E-state index in [1.165, 1.54) is 0 Å². The van der Waals surface area contributed by atoms with E-state index in [0.717, 1.165) is 0 Å². The Morgan fingerprint density at radius 1 is 1.60 bits per heavy atom. The molecule has 0 aliphatic rings. The fourth-order valence-corrected chi connectivity index (χ4v) is 0. The van der Waals surface area contributed by atoms with Crippen LogP contribution in [-0.2, 0) is 0 Å². The lowest BCUT2D eigenvalue weighted by molar-refractivity contribution is 0.896. The highest BCUT2D eigenvalue weighted by Gasteiger charge is 1.96. The first-order valence-electron chi connectivity index (χ1n) is 1.64. The van der Waals surface area contributed by atoms with Crippen LogP contribution in [-0.4, -0.2) is 5.16 Å². The summed E-state index contributed by atoms with van der Waals surface area (Å²) in [6.45, 7) is 7.81. The third kappa shape index (κ3) is 141. The van der Waals surface area contributed by atoms with Gasteiger partial charge >= 0.3 is 0 Å². The van der Waals surface area contributed by atoms with Crippen LogP contribution in [0.3, 0.4) is 0 Å². The van der Waals surface area contributed by atoms with Crippen molar-refractivity contribution in [2.45, 2.75) is 19.0 Å². The van der Waals surface area contributed by atoms with Gasteiger partial charge in [0.2, 0.25) is 0 Å². The Morgan fingerprint density at radius 3 is 1.60 bits per heavy atom.